The van der Waals surface area contributed by atoms with E-state index in [1.807, 2.05) is 41.4 Å². The van der Waals surface area contributed by atoms with Crippen LogP contribution >= 0.6 is 0 Å². The van der Waals surface area contributed by atoms with Gasteiger partial charge in [-0.05, 0) is 93.9 Å². The number of amides is 4. The summed E-state index contributed by atoms with van der Waals surface area (Å²) < 4.78 is 0. The summed E-state index contributed by atoms with van der Waals surface area (Å²) in [6, 6.07) is -1.53. The van der Waals surface area contributed by atoms with Crippen LogP contribution in [0.3, 0.4) is 0 Å². The van der Waals surface area contributed by atoms with Gasteiger partial charge in [-0.1, -0.05) is 148 Å². The Hall–Kier alpha value is -3.21. The van der Waals surface area contributed by atoms with E-state index in [9.17, 15) is 14.4 Å². The van der Waals surface area contributed by atoms with Crippen molar-refractivity contribution in [3.8, 4) is 0 Å². The van der Waals surface area contributed by atoms with Gasteiger partial charge in [0.1, 0.15) is 30.5 Å². The minimum atomic E-state index is -1.05. The third-order valence-corrected chi connectivity index (χ3v) is 15.2. The third kappa shape index (κ3) is 12.9. The number of carbonyl (C=O) groups is 5. The Morgan fingerprint density at radius 3 is 1.74 bits per heavy atom. The molecule has 0 aromatic heterocycles. The molecule has 0 radical (unpaired) electrons. The van der Waals surface area contributed by atoms with Gasteiger partial charge >= 0.3 is 0 Å². The van der Waals surface area contributed by atoms with E-state index in [0.717, 1.165) is 70.0 Å². The zero-order valence-corrected chi connectivity index (χ0v) is 44.7. The number of hydrogen-bond donors (Lipinski definition) is 4. The van der Waals surface area contributed by atoms with Crippen LogP contribution in [0.2, 0.25) is 0 Å². The molecule has 7 atom stereocenters. The largest absolute Gasteiger partial charge is 0.376 e. The van der Waals surface area contributed by atoms with Gasteiger partial charge < -0.3 is 31.0 Å². The summed E-state index contributed by atoms with van der Waals surface area (Å²) in [5.41, 5.74) is -0.881. The van der Waals surface area contributed by atoms with Crippen LogP contribution in [0.1, 0.15) is 200 Å². The van der Waals surface area contributed by atoms with Gasteiger partial charge in [-0.3, -0.25) is 24.1 Å². The monoisotopic (exact) mass is 913 g/mol. The fourth-order valence-electron chi connectivity index (χ4n) is 11.6. The average Bonchev–Trinajstić information content (AvgIpc) is 3.75. The van der Waals surface area contributed by atoms with Gasteiger partial charge in [0.25, 0.3) is 0 Å². The lowest BCUT2D eigenvalue weighted by Gasteiger charge is -2.39. The van der Waals surface area contributed by atoms with Gasteiger partial charge in [0.05, 0.1) is 0 Å². The number of hydrogen-bond acceptors (Lipinski definition) is 7. The number of nitrogens with zero attached hydrogens (tertiary/aromatic N) is 2. The number of carbonyl (C=O) groups excluding carboxylic acids is 5. The Labute approximate surface area is 398 Å². The lowest BCUT2D eigenvalue weighted by atomic mass is 9.73. The first-order chi connectivity index (χ1) is 30.7. The fourth-order valence-corrected chi connectivity index (χ4v) is 11.6. The van der Waals surface area contributed by atoms with Gasteiger partial charge in [-0.25, -0.2) is 0 Å². The molecular weight excluding hydrogens is 813 g/mol. The minimum Gasteiger partial charge on any atom is -0.376 e. The van der Waals surface area contributed by atoms with Crippen molar-refractivity contribution < 1.29 is 24.0 Å². The van der Waals surface area contributed by atoms with E-state index in [-0.39, 0.29) is 57.8 Å². The van der Waals surface area contributed by atoms with E-state index in [0.29, 0.717) is 25.4 Å². The van der Waals surface area contributed by atoms with E-state index in [1.54, 1.807) is 18.0 Å². The predicted molar refractivity (Wildman–Crippen MR) is 271 cm³/mol. The molecule has 6 aliphatic rings. The average molecular weight is 913 g/mol. The molecular formula is C54H100N6O5. The highest BCUT2D eigenvalue weighted by Gasteiger charge is 2.85. The molecule has 4 N–H and O–H groups in total. The summed E-state index contributed by atoms with van der Waals surface area (Å²) >= 11 is 0. The first kappa shape index (κ1) is 59.8. The van der Waals surface area contributed by atoms with Crippen LogP contribution in [0, 0.1) is 33.5 Å². The van der Waals surface area contributed by atoms with Gasteiger partial charge in [0.15, 0.2) is 0 Å². The van der Waals surface area contributed by atoms with Crippen molar-refractivity contribution in [3.05, 3.63) is 24.9 Å². The SMILES string of the molecule is C=C[C@@H]1C[C@]1(NC(=O)C1C[C@@]2(CN1C(=O)[C@@H](NC(=O)C(NC(=C)[C@@H]1CCCN1C(C)C)C1CCCCC1)C(C)(C)C)C(C)(C)C21CCC1)C(=O)NC.C=O.CC.CCC.CCC.CCC. The second kappa shape index (κ2) is 26.4. The van der Waals surface area contributed by atoms with Gasteiger partial charge in [-0.2, -0.15) is 0 Å². The number of likely N-dealkylation sites (tertiary alicyclic amines) is 2. The van der Waals surface area contributed by atoms with Crippen LogP contribution in [-0.4, -0.2) is 96.1 Å². The lowest BCUT2D eigenvalue weighted by Crippen LogP contribution is -2.62. The summed E-state index contributed by atoms with van der Waals surface area (Å²) in [5.74, 6) is -0.939. The van der Waals surface area contributed by atoms with Crippen molar-refractivity contribution in [2.24, 2.45) is 33.5 Å². The topological polar surface area (TPSA) is 140 Å². The molecule has 11 heteroatoms. The molecule has 0 bridgehead atoms. The second-order valence-corrected chi connectivity index (χ2v) is 21.4. The lowest BCUT2D eigenvalue weighted by molar-refractivity contribution is -0.145. The molecule has 65 heavy (non-hydrogen) atoms. The van der Waals surface area contributed by atoms with Crippen molar-refractivity contribution in [2.75, 3.05) is 20.1 Å². The maximum absolute atomic E-state index is 15.1. The minimum absolute atomic E-state index is 0.0194. The van der Waals surface area contributed by atoms with E-state index < -0.39 is 29.1 Å². The molecule has 4 amide bonds. The van der Waals surface area contributed by atoms with Crippen LogP contribution < -0.4 is 21.3 Å². The van der Waals surface area contributed by atoms with Crippen LogP contribution in [0.4, 0.5) is 0 Å². The number of likely N-dealkylation sites (N-methyl/N-ethyl adjacent to an activating group) is 1. The highest BCUT2D eigenvalue weighted by atomic mass is 16.2. The molecule has 2 aliphatic heterocycles. The van der Waals surface area contributed by atoms with Gasteiger partial charge in [0.2, 0.25) is 23.6 Å². The summed E-state index contributed by atoms with van der Waals surface area (Å²) in [7, 11) is 1.58. The maximum atomic E-state index is 15.1. The summed E-state index contributed by atoms with van der Waals surface area (Å²) in [6.07, 6.45) is 17.3. The number of fused-ring (bicyclic) bond motifs is 1. The van der Waals surface area contributed by atoms with E-state index in [2.05, 4.69) is 109 Å². The van der Waals surface area contributed by atoms with E-state index in [1.165, 1.54) is 25.7 Å². The van der Waals surface area contributed by atoms with Crippen LogP contribution in [0.15, 0.2) is 24.9 Å². The van der Waals surface area contributed by atoms with E-state index in [4.69, 9.17) is 4.79 Å². The zero-order chi connectivity index (χ0) is 50.1. The number of rotatable bonds is 12. The smallest absolute Gasteiger partial charge is 0.246 e. The predicted octanol–water partition coefficient (Wildman–Crippen LogP) is 10.1. The highest BCUT2D eigenvalue weighted by molar-refractivity contribution is 5.99. The van der Waals surface area contributed by atoms with Crippen LogP contribution in [0.25, 0.3) is 0 Å². The first-order valence-electron chi connectivity index (χ1n) is 25.9. The normalized spacial score (nSPS) is 27.6. The van der Waals surface area contributed by atoms with Crippen molar-refractivity contribution in [3.63, 3.8) is 0 Å². The standard InChI is InChI=1S/C42H68N6O4.3C3H8.C2H6.CH2O/c1-11-29-23-42(29,37(52)43-10)46-34(49)31-24-41(39(8,9)40(41)20-16-21-40)25-48(31)36(51)33(38(5,6)7)45-35(50)32(28-17-13-12-14-18-28)44-27(4)30-19-15-22-47(30)26(2)3;3*1-3-2;2*1-2/h11,26,28-33,44H,1,4,12-25H2,2-3,5-10H3,(H,43,52)(H,45,50)(H,46,49);3*3H2,1-2H3;1-2H3;1H2/t29-,30+,31?,32?,33-,41-,42-;;;;;/m1...../s1. The molecule has 6 rings (SSSR count). The van der Waals surface area contributed by atoms with Crippen molar-refractivity contribution >= 4 is 30.4 Å². The Balaban J connectivity index is 0.00000147. The molecule has 11 nitrogen and oxygen atoms in total. The van der Waals surface area contributed by atoms with Crippen molar-refractivity contribution in [1.82, 2.24) is 31.1 Å². The third-order valence-electron chi connectivity index (χ3n) is 15.2. The quantitative estimate of drug-likeness (QED) is 0.143. The summed E-state index contributed by atoms with van der Waals surface area (Å²) in [5, 5.41) is 12.8. The van der Waals surface area contributed by atoms with Crippen LogP contribution in [-0.2, 0) is 24.0 Å². The Morgan fingerprint density at radius 2 is 1.32 bits per heavy atom. The Kier molecular flexibility index (Phi) is 24.3. The van der Waals surface area contributed by atoms with Crippen molar-refractivity contribution in [1.29, 1.82) is 0 Å². The Morgan fingerprint density at radius 1 is 0.785 bits per heavy atom. The molecule has 2 unspecified atom stereocenters. The Bertz CT molecular complexity index is 1520. The second-order valence-electron chi connectivity index (χ2n) is 21.4. The molecule has 2 heterocycles. The molecule has 4 saturated carbocycles. The molecule has 0 aromatic rings. The van der Waals surface area contributed by atoms with Crippen LogP contribution in [0.5, 0.6) is 0 Å². The van der Waals surface area contributed by atoms with Crippen molar-refractivity contribution in [2.45, 2.75) is 236 Å². The molecule has 2 saturated heterocycles. The first-order valence-corrected chi connectivity index (χ1v) is 25.9. The maximum Gasteiger partial charge on any atom is 0.246 e. The van der Waals surface area contributed by atoms with Gasteiger partial charge in [0, 0.05) is 42.7 Å². The molecule has 4 aliphatic carbocycles. The number of nitrogens with one attached hydrogen (secondary N) is 4. The highest BCUT2D eigenvalue weighted by Crippen LogP contribution is 2.88. The summed E-state index contributed by atoms with van der Waals surface area (Å²) in [6.45, 7) is 43.6. The van der Waals surface area contributed by atoms with Gasteiger partial charge in [-0.15, -0.1) is 6.58 Å². The summed E-state index contributed by atoms with van der Waals surface area (Å²) in [4.78, 5) is 69.5. The zero-order valence-electron chi connectivity index (χ0n) is 44.7. The van der Waals surface area contributed by atoms with E-state index >= 15 is 4.79 Å². The fraction of sp³-hybridized carbons (Fsp3) is 0.833. The molecule has 6 fully saturated rings. The molecule has 0 aromatic carbocycles. The molecule has 2 spiro atoms. The molecule has 376 valence electrons.